The molecule has 2 nitrogen and oxygen atoms in total. The van der Waals surface area contributed by atoms with E-state index in [9.17, 15) is 0 Å². The zero-order chi connectivity index (χ0) is 9.94. The molecule has 80 valence electrons. The molecule has 0 amide bonds. The summed E-state index contributed by atoms with van der Waals surface area (Å²) < 4.78 is 4.71. The Bertz CT molecular complexity index is 84.1. The molecule has 0 aliphatic carbocycles. The Hall–Kier alpha value is -0.0800. The standard InChI is InChI=1S/C8H18O.C3H6O/c1-2-3-4-5-6-7-8-9;1-3-2-4-3/h9H,2-8H2,1H3;3H,2H2,1H3. The average Bonchev–Trinajstić information content (AvgIpc) is 2.89. The molecule has 1 aliphatic heterocycles. The van der Waals surface area contributed by atoms with Gasteiger partial charge in [0, 0.05) is 6.61 Å². The fraction of sp³-hybridized carbons (Fsp3) is 1.00. The number of ether oxygens (including phenoxy) is 1. The maximum absolute atomic E-state index is 8.42. The van der Waals surface area contributed by atoms with Crippen molar-refractivity contribution in [3.05, 3.63) is 0 Å². The fourth-order valence-corrected chi connectivity index (χ4v) is 0.988. The van der Waals surface area contributed by atoms with Crippen molar-refractivity contribution in [2.45, 2.75) is 58.5 Å². The van der Waals surface area contributed by atoms with Gasteiger partial charge in [-0.25, -0.2) is 0 Å². The number of hydrogen-bond acceptors (Lipinski definition) is 2. The summed E-state index contributed by atoms with van der Waals surface area (Å²) >= 11 is 0. The maximum Gasteiger partial charge on any atom is 0.0781 e. The molecule has 13 heavy (non-hydrogen) atoms. The molecule has 0 bridgehead atoms. The predicted octanol–water partition coefficient (Wildman–Crippen LogP) is 2.74. The highest BCUT2D eigenvalue weighted by Gasteiger charge is 2.13. The molecule has 1 unspecified atom stereocenters. The monoisotopic (exact) mass is 188 g/mol. The summed E-state index contributed by atoms with van der Waals surface area (Å²) in [5, 5.41) is 8.42. The Kier molecular flexibility index (Phi) is 9.94. The minimum atomic E-state index is 0.367. The van der Waals surface area contributed by atoms with E-state index in [-0.39, 0.29) is 0 Å². The van der Waals surface area contributed by atoms with Crippen LogP contribution in [0, 0.1) is 0 Å². The number of aliphatic hydroxyl groups excluding tert-OH is 1. The first-order valence-electron chi connectivity index (χ1n) is 5.53. The van der Waals surface area contributed by atoms with Gasteiger partial charge in [-0.1, -0.05) is 39.0 Å². The van der Waals surface area contributed by atoms with Crippen LogP contribution in [-0.4, -0.2) is 24.4 Å². The number of aliphatic hydroxyl groups is 1. The third-order valence-corrected chi connectivity index (χ3v) is 2.01. The molecule has 0 aromatic rings. The van der Waals surface area contributed by atoms with Crippen LogP contribution in [0.4, 0.5) is 0 Å². The van der Waals surface area contributed by atoms with Crippen LogP contribution in [0.15, 0.2) is 0 Å². The molecule has 1 atom stereocenters. The topological polar surface area (TPSA) is 32.8 Å². The van der Waals surface area contributed by atoms with Gasteiger partial charge >= 0.3 is 0 Å². The second-order valence-electron chi connectivity index (χ2n) is 3.64. The van der Waals surface area contributed by atoms with E-state index in [2.05, 4.69) is 13.8 Å². The molecule has 1 saturated heterocycles. The Morgan fingerprint density at radius 1 is 1.15 bits per heavy atom. The summed E-state index contributed by atoms with van der Waals surface area (Å²) in [6, 6.07) is 0. The number of unbranched alkanes of at least 4 members (excludes halogenated alkanes) is 5. The molecule has 0 aromatic heterocycles. The van der Waals surface area contributed by atoms with Gasteiger partial charge in [-0.05, 0) is 13.3 Å². The van der Waals surface area contributed by atoms with E-state index < -0.39 is 0 Å². The predicted molar refractivity (Wildman–Crippen MR) is 55.9 cm³/mol. The number of hydrogen-bond donors (Lipinski definition) is 1. The van der Waals surface area contributed by atoms with Crippen LogP contribution >= 0.6 is 0 Å². The molecule has 0 spiro atoms. The van der Waals surface area contributed by atoms with Crippen molar-refractivity contribution in [2.24, 2.45) is 0 Å². The van der Waals surface area contributed by atoms with E-state index >= 15 is 0 Å². The van der Waals surface area contributed by atoms with Gasteiger partial charge in [0.1, 0.15) is 0 Å². The molecule has 1 N–H and O–H groups in total. The second kappa shape index (κ2) is 10.0. The first kappa shape index (κ1) is 12.9. The van der Waals surface area contributed by atoms with Gasteiger partial charge in [0.15, 0.2) is 0 Å². The van der Waals surface area contributed by atoms with Gasteiger partial charge in [-0.3, -0.25) is 0 Å². The van der Waals surface area contributed by atoms with Crippen LogP contribution < -0.4 is 0 Å². The lowest BCUT2D eigenvalue weighted by molar-refractivity contribution is 0.282. The third kappa shape index (κ3) is 14.7. The van der Waals surface area contributed by atoms with Crippen molar-refractivity contribution >= 4 is 0 Å². The first-order valence-corrected chi connectivity index (χ1v) is 5.53. The molecular formula is C11H24O2. The normalized spacial score (nSPS) is 19.2. The quantitative estimate of drug-likeness (QED) is 0.513. The summed E-state index contributed by atoms with van der Waals surface area (Å²) in [6.45, 7) is 5.62. The van der Waals surface area contributed by atoms with E-state index in [1.807, 2.05) is 0 Å². The van der Waals surface area contributed by atoms with Crippen LogP contribution in [0.25, 0.3) is 0 Å². The van der Waals surface area contributed by atoms with Gasteiger partial charge in [0.25, 0.3) is 0 Å². The molecule has 2 heteroatoms. The summed E-state index contributed by atoms with van der Waals surface area (Å²) in [5.74, 6) is 0. The second-order valence-corrected chi connectivity index (χ2v) is 3.64. The molecule has 1 rings (SSSR count). The molecule has 0 radical (unpaired) electrons. The minimum absolute atomic E-state index is 0.367. The summed E-state index contributed by atoms with van der Waals surface area (Å²) in [5.41, 5.74) is 0. The highest BCUT2D eigenvalue weighted by atomic mass is 16.6. The Morgan fingerprint density at radius 3 is 2.00 bits per heavy atom. The number of rotatable bonds is 6. The van der Waals surface area contributed by atoms with E-state index in [1.54, 1.807) is 0 Å². The first-order chi connectivity index (χ1) is 6.31. The van der Waals surface area contributed by atoms with Crippen LogP contribution in [0.5, 0.6) is 0 Å². The van der Waals surface area contributed by atoms with Crippen LogP contribution in [-0.2, 0) is 4.74 Å². The lowest BCUT2D eigenvalue weighted by Gasteiger charge is -1.95. The third-order valence-electron chi connectivity index (χ3n) is 2.01. The van der Waals surface area contributed by atoms with Gasteiger partial charge in [0.05, 0.1) is 12.7 Å². The van der Waals surface area contributed by atoms with Crippen molar-refractivity contribution in [2.75, 3.05) is 13.2 Å². The van der Waals surface area contributed by atoms with Crippen molar-refractivity contribution in [1.82, 2.24) is 0 Å². The summed E-state index contributed by atoms with van der Waals surface area (Å²) in [6.07, 6.45) is 8.08. The summed E-state index contributed by atoms with van der Waals surface area (Å²) in [7, 11) is 0. The van der Waals surface area contributed by atoms with Crippen LogP contribution in [0.1, 0.15) is 52.4 Å². The summed E-state index contributed by atoms with van der Waals surface area (Å²) in [4.78, 5) is 0. The minimum Gasteiger partial charge on any atom is -0.396 e. The fourth-order valence-electron chi connectivity index (χ4n) is 0.988. The van der Waals surface area contributed by atoms with Gasteiger partial charge in [-0.15, -0.1) is 0 Å². The average molecular weight is 188 g/mol. The lowest BCUT2D eigenvalue weighted by Crippen LogP contribution is -1.82. The van der Waals surface area contributed by atoms with Gasteiger partial charge < -0.3 is 9.84 Å². The lowest BCUT2D eigenvalue weighted by atomic mass is 10.1. The highest BCUT2D eigenvalue weighted by Crippen LogP contribution is 2.04. The van der Waals surface area contributed by atoms with Crippen LogP contribution in [0.2, 0.25) is 0 Å². The Labute approximate surface area is 82.3 Å². The largest absolute Gasteiger partial charge is 0.396 e. The zero-order valence-electron chi connectivity index (χ0n) is 9.09. The molecule has 0 aromatic carbocycles. The van der Waals surface area contributed by atoms with E-state index in [0.717, 1.165) is 13.0 Å². The highest BCUT2D eigenvalue weighted by molar-refractivity contribution is 4.58. The SMILES string of the molecule is CC1CO1.CCCCCCCCO. The van der Waals surface area contributed by atoms with Crippen molar-refractivity contribution < 1.29 is 9.84 Å². The van der Waals surface area contributed by atoms with E-state index in [4.69, 9.17) is 9.84 Å². The van der Waals surface area contributed by atoms with Gasteiger partial charge in [0.2, 0.25) is 0 Å². The number of epoxide rings is 1. The molecular weight excluding hydrogens is 164 g/mol. The van der Waals surface area contributed by atoms with Crippen molar-refractivity contribution in [3.63, 3.8) is 0 Å². The van der Waals surface area contributed by atoms with Crippen molar-refractivity contribution in [1.29, 1.82) is 0 Å². The van der Waals surface area contributed by atoms with Crippen molar-refractivity contribution in [3.8, 4) is 0 Å². The molecule has 1 heterocycles. The van der Waals surface area contributed by atoms with E-state index in [1.165, 1.54) is 32.1 Å². The maximum atomic E-state index is 8.42. The zero-order valence-corrected chi connectivity index (χ0v) is 9.09. The molecule has 1 aliphatic rings. The molecule has 0 saturated carbocycles. The smallest absolute Gasteiger partial charge is 0.0781 e. The Balaban J connectivity index is 0.000000293. The molecule has 1 fully saturated rings. The van der Waals surface area contributed by atoms with E-state index in [0.29, 0.717) is 12.7 Å². The Morgan fingerprint density at radius 2 is 1.62 bits per heavy atom. The van der Waals surface area contributed by atoms with Crippen LogP contribution in [0.3, 0.4) is 0 Å². The van der Waals surface area contributed by atoms with Gasteiger partial charge in [-0.2, -0.15) is 0 Å².